The second-order valence-corrected chi connectivity index (χ2v) is 5.59. The summed E-state index contributed by atoms with van der Waals surface area (Å²) < 4.78 is 10.3. The van der Waals surface area contributed by atoms with Crippen LogP contribution in [0.3, 0.4) is 0 Å². The zero-order valence-electron chi connectivity index (χ0n) is 13.0. The summed E-state index contributed by atoms with van der Waals surface area (Å²) in [7, 11) is 3.55. The monoisotopic (exact) mass is 283 g/mol. The number of anilines is 2. The van der Waals surface area contributed by atoms with Crippen LogP contribution in [-0.2, 0) is 14.9 Å². The molecule has 7 nitrogen and oxygen atoms in total. The molecule has 0 radical (unpaired) electrons. The van der Waals surface area contributed by atoms with Gasteiger partial charge in [-0.1, -0.05) is 20.8 Å². The van der Waals surface area contributed by atoms with Crippen LogP contribution in [-0.4, -0.2) is 55.5 Å². The summed E-state index contributed by atoms with van der Waals surface area (Å²) in [6.45, 7) is 8.55. The van der Waals surface area contributed by atoms with E-state index in [9.17, 15) is 0 Å². The molecule has 0 aliphatic rings. The number of hydrogen-bond donors (Lipinski definition) is 1. The molecule has 0 bridgehead atoms. The van der Waals surface area contributed by atoms with E-state index in [0.717, 1.165) is 0 Å². The van der Waals surface area contributed by atoms with Gasteiger partial charge in [0.05, 0.1) is 19.8 Å². The van der Waals surface area contributed by atoms with E-state index in [1.165, 1.54) is 0 Å². The van der Waals surface area contributed by atoms with Crippen molar-refractivity contribution in [1.29, 1.82) is 0 Å². The van der Waals surface area contributed by atoms with Gasteiger partial charge < -0.3 is 20.1 Å². The van der Waals surface area contributed by atoms with Crippen molar-refractivity contribution >= 4 is 11.9 Å². The van der Waals surface area contributed by atoms with Crippen molar-refractivity contribution in [3.8, 4) is 0 Å². The average molecular weight is 283 g/mol. The highest BCUT2D eigenvalue weighted by Crippen LogP contribution is 2.20. The second kappa shape index (κ2) is 7.35. The Balaban J connectivity index is 2.63. The highest BCUT2D eigenvalue weighted by molar-refractivity contribution is 5.34. The molecule has 0 aliphatic carbocycles. The van der Waals surface area contributed by atoms with Crippen LogP contribution >= 0.6 is 0 Å². The zero-order valence-corrected chi connectivity index (χ0v) is 13.0. The molecule has 0 saturated carbocycles. The van der Waals surface area contributed by atoms with Crippen LogP contribution in [0.25, 0.3) is 0 Å². The van der Waals surface area contributed by atoms with Gasteiger partial charge in [-0.3, -0.25) is 0 Å². The Hall–Kier alpha value is -1.47. The lowest BCUT2D eigenvalue weighted by Gasteiger charge is -2.21. The van der Waals surface area contributed by atoms with E-state index >= 15 is 0 Å². The van der Waals surface area contributed by atoms with E-state index in [4.69, 9.17) is 15.2 Å². The number of nitrogens with two attached hydrogens (primary N) is 1. The number of rotatable bonds is 7. The van der Waals surface area contributed by atoms with Crippen molar-refractivity contribution in [2.75, 3.05) is 51.2 Å². The van der Waals surface area contributed by atoms with Crippen molar-refractivity contribution in [2.24, 2.45) is 0 Å². The predicted octanol–water partition coefficient (Wildman–Crippen LogP) is 0.851. The van der Waals surface area contributed by atoms with E-state index < -0.39 is 0 Å². The molecule has 0 atom stereocenters. The summed E-state index contributed by atoms with van der Waals surface area (Å²) in [5.74, 6) is 1.50. The average Bonchev–Trinajstić information content (AvgIpc) is 2.36. The maximum absolute atomic E-state index is 5.75. The van der Waals surface area contributed by atoms with Gasteiger partial charge in [-0.05, 0) is 0 Å². The molecule has 1 heterocycles. The van der Waals surface area contributed by atoms with Crippen LogP contribution in [0.1, 0.15) is 26.6 Å². The summed E-state index contributed by atoms with van der Waals surface area (Å²) in [4.78, 5) is 14.7. The number of aromatic nitrogens is 3. The molecule has 2 N–H and O–H groups in total. The molecule has 7 heteroatoms. The fraction of sp³-hybridized carbons (Fsp3) is 0.769. The van der Waals surface area contributed by atoms with E-state index in [1.54, 1.807) is 7.11 Å². The topological polar surface area (TPSA) is 86.4 Å². The van der Waals surface area contributed by atoms with Crippen molar-refractivity contribution in [3.05, 3.63) is 5.82 Å². The molecule has 1 rings (SSSR count). The maximum Gasteiger partial charge on any atom is 0.230 e. The molecule has 114 valence electrons. The van der Waals surface area contributed by atoms with Crippen LogP contribution in [0.2, 0.25) is 0 Å². The van der Waals surface area contributed by atoms with Gasteiger partial charge in [0, 0.05) is 26.1 Å². The van der Waals surface area contributed by atoms with Gasteiger partial charge in [-0.2, -0.15) is 15.0 Å². The van der Waals surface area contributed by atoms with Crippen LogP contribution in [0.5, 0.6) is 0 Å². The third-order valence-corrected chi connectivity index (χ3v) is 2.66. The molecule has 0 saturated heterocycles. The van der Waals surface area contributed by atoms with Gasteiger partial charge >= 0.3 is 0 Å². The number of nitrogen functional groups attached to an aromatic ring is 1. The number of nitrogens with zero attached hydrogens (tertiary/aromatic N) is 4. The molecular weight excluding hydrogens is 258 g/mol. The van der Waals surface area contributed by atoms with Crippen LogP contribution < -0.4 is 10.6 Å². The lowest BCUT2D eigenvalue weighted by Crippen LogP contribution is -2.27. The minimum Gasteiger partial charge on any atom is -0.382 e. The molecule has 0 aromatic carbocycles. The molecule has 0 spiro atoms. The molecule has 1 aromatic heterocycles. The highest BCUT2D eigenvalue weighted by Gasteiger charge is 2.20. The lowest BCUT2D eigenvalue weighted by atomic mass is 9.96. The third kappa shape index (κ3) is 5.26. The number of methoxy groups -OCH3 is 1. The van der Waals surface area contributed by atoms with E-state index in [1.807, 2.05) is 32.7 Å². The molecular formula is C13H25N5O2. The largest absolute Gasteiger partial charge is 0.382 e. The Bertz CT molecular complexity index is 420. The second-order valence-electron chi connectivity index (χ2n) is 5.59. The molecule has 0 unspecified atom stereocenters. The van der Waals surface area contributed by atoms with Crippen LogP contribution in [0.15, 0.2) is 0 Å². The minimum atomic E-state index is -0.165. The Labute approximate surface area is 120 Å². The molecule has 0 amide bonds. The number of ether oxygens (including phenoxy) is 2. The Kier molecular flexibility index (Phi) is 6.09. The first kappa shape index (κ1) is 16.6. The standard InChI is InChI=1S/C13H25N5O2/c1-13(2,3)10-15-11(14)17-12(16-10)18(4)6-7-20-9-8-19-5/h6-9H2,1-5H3,(H2,14,15,16,17). The van der Waals surface area contributed by atoms with Gasteiger partial charge in [-0.15, -0.1) is 0 Å². The SMILES string of the molecule is COCCOCCN(C)c1nc(N)nc(C(C)(C)C)n1. The Morgan fingerprint density at radius 2 is 1.80 bits per heavy atom. The first-order chi connectivity index (χ1) is 9.34. The minimum absolute atomic E-state index is 0.165. The number of likely N-dealkylation sites (N-methyl/N-ethyl adjacent to an activating group) is 1. The van der Waals surface area contributed by atoms with Gasteiger partial charge in [0.2, 0.25) is 11.9 Å². The summed E-state index contributed by atoms with van der Waals surface area (Å²) >= 11 is 0. The van der Waals surface area contributed by atoms with Gasteiger partial charge in [0.1, 0.15) is 5.82 Å². The smallest absolute Gasteiger partial charge is 0.230 e. The fourth-order valence-electron chi connectivity index (χ4n) is 1.43. The van der Waals surface area contributed by atoms with Crippen molar-refractivity contribution in [3.63, 3.8) is 0 Å². The zero-order chi connectivity index (χ0) is 15.2. The maximum atomic E-state index is 5.75. The van der Waals surface area contributed by atoms with E-state index in [2.05, 4.69) is 15.0 Å². The van der Waals surface area contributed by atoms with Gasteiger partial charge in [0.25, 0.3) is 0 Å². The van der Waals surface area contributed by atoms with Crippen molar-refractivity contribution in [1.82, 2.24) is 15.0 Å². The molecule has 0 aliphatic heterocycles. The summed E-state index contributed by atoms with van der Waals surface area (Å²) in [5.41, 5.74) is 5.59. The molecule has 20 heavy (non-hydrogen) atoms. The molecule has 1 aromatic rings. The van der Waals surface area contributed by atoms with E-state index in [0.29, 0.717) is 38.1 Å². The first-order valence-corrected chi connectivity index (χ1v) is 6.64. The normalized spacial score (nSPS) is 11.7. The van der Waals surface area contributed by atoms with Gasteiger partial charge in [-0.25, -0.2) is 0 Å². The summed E-state index contributed by atoms with van der Waals surface area (Å²) in [5, 5.41) is 0. The third-order valence-electron chi connectivity index (χ3n) is 2.66. The van der Waals surface area contributed by atoms with E-state index in [-0.39, 0.29) is 11.4 Å². The van der Waals surface area contributed by atoms with Gasteiger partial charge in [0.15, 0.2) is 0 Å². The fourth-order valence-corrected chi connectivity index (χ4v) is 1.43. The van der Waals surface area contributed by atoms with Crippen molar-refractivity contribution in [2.45, 2.75) is 26.2 Å². The Morgan fingerprint density at radius 3 is 2.40 bits per heavy atom. The summed E-state index contributed by atoms with van der Waals surface area (Å²) in [6.07, 6.45) is 0. The predicted molar refractivity (Wildman–Crippen MR) is 78.9 cm³/mol. The molecule has 0 fully saturated rings. The van der Waals surface area contributed by atoms with Crippen molar-refractivity contribution < 1.29 is 9.47 Å². The van der Waals surface area contributed by atoms with Crippen LogP contribution in [0, 0.1) is 0 Å². The quantitative estimate of drug-likeness (QED) is 0.742. The lowest BCUT2D eigenvalue weighted by molar-refractivity contribution is 0.0743. The highest BCUT2D eigenvalue weighted by atomic mass is 16.5. The summed E-state index contributed by atoms with van der Waals surface area (Å²) in [6, 6.07) is 0. The van der Waals surface area contributed by atoms with Crippen LogP contribution in [0.4, 0.5) is 11.9 Å². The first-order valence-electron chi connectivity index (χ1n) is 6.64. The number of hydrogen-bond acceptors (Lipinski definition) is 7. The Morgan fingerprint density at radius 1 is 1.10 bits per heavy atom.